The number of nitrogens with one attached hydrogen (secondary N) is 1. The van der Waals surface area contributed by atoms with Gasteiger partial charge in [-0.3, -0.25) is 4.79 Å². The van der Waals surface area contributed by atoms with Gasteiger partial charge in [0.15, 0.2) is 18.1 Å². The second-order valence-electron chi connectivity index (χ2n) is 3.75. The van der Waals surface area contributed by atoms with Crippen LogP contribution in [0.2, 0.25) is 10.2 Å². The molecule has 0 aliphatic heterocycles. The van der Waals surface area contributed by atoms with Gasteiger partial charge in [0.1, 0.15) is 11.1 Å². The molecule has 20 heavy (non-hydrogen) atoms. The number of carbonyl (C=O) groups is 2. The number of aromatic nitrogens is 1. The van der Waals surface area contributed by atoms with Crippen molar-refractivity contribution >= 4 is 40.7 Å². The number of rotatable bonds is 5. The molecule has 1 unspecified atom stereocenters. The first-order valence-electron chi connectivity index (χ1n) is 5.33. The summed E-state index contributed by atoms with van der Waals surface area (Å²) in [6, 6.07) is 4.43. The third-order valence-electron chi connectivity index (χ3n) is 2.23. The van der Waals surface area contributed by atoms with Gasteiger partial charge in [-0.05, 0) is 19.1 Å². The zero-order chi connectivity index (χ0) is 15.3. The van der Waals surface area contributed by atoms with Crippen molar-refractivity contribution in [1.82, 2.24) is 4.98 Å². The van der Waals surface area contributed by atoms with E-state index >= 15 is 0 Å². The molecule has 0 spiro atoms. The van der Waals surface area contributed by atoms with Crippen molar-refractivity contribution in [2.45, 2.75) is 6.92 Å². The van der Waals surface area contributed by atoms with Crippen LogP contribution < -0.4 is 0 Å². The normalized spacial score (nSPS) is 11.3. The molecule has 1 atom stereocenters. The Hall–Kier alpha value is -1.97. The van der Waals surface area contributed by atoms with Gasteiger partial charge in [-0.25, -0.2) is 9.78 Å². The summed E-state index contributed by atoms with van der Waals surface area (Å²) < 4.78 is 4.72. The SMILES string of the molecule is CC(=N)C(C#N)C(=O)COC(=O)c1nc(Cl)ccc1Cl. The summed E-state index contributed by atoms with van der Waals surface area (Å²) in [4.78, 5) is 27.0. The lowest BCUT2D eigenvalue weighted by Gasteiger charge is -2.08. The molecule has 0 radical (unpaired) electrons. The van der Waals surface area contributed by atoms with Crippen LogP contribution in [0, 0.1) is 22.7 Å². The number of ketones is 1. The van der Waals surface area contributed by atoms with Crippen LogP contribution in [0.1, 0.15) is 17.4 Å². The average Bonchev–Trinajstić information content (AvgIpc) is 2.39. The lowest BCUT2D eigenvalue weighted by atomic mass is 10.0. The smallest absolute Gasteiger partial charge is 0.358 e. The van der Waals surface area contributed by atoms with E-state index in [4.69, 9.17) is 38.6 Å². The van der Waals surface area contributed by atoms with Gasteiger partial charge in [0.05, 0.1) is 11.1 Å². The quantitative estimate of drug-likeness (QED) is 0.510. The Kier molecular flexibility index (Phi) is 5.62. The molecule has 0 fully saturated rings. The summed E-state index contributed by atoms with van der Waals surface area (Å²) in [6.07, 6.45) is 0. The second kappa shape index (κ2) is 6.98. The Labute approximate surface area is 124 Å². The molecular formula is C12H9Cl2N3O3. The van der Waals surface area contributed by atoms with Crippen molar-refractivity contribution in [3.8, 4) is 6.07 Å². The summed E-state index contributed by atoms with van der Waals surface area (Å²) in [7, 11) is 0. The van der Waals surface area contributed by atoms with Crippen molar-refractivity contribution in [3.05, 3.63) is 28.0 Å². The summed E-state index contributed by atoms with van der Waals surface area (Å²) in [5, 5.41) is 16.1. The minimum absolute atomic E-state index is 0.0342. The maximum atomic E-state index is 11.7. The van der Waals surface area contributed by atoms with E-state index in [1.165, 1.54) is 19.1 Å². The number of nitrogens with zero attached hydrogens (tertiary/aromatic N) is 2. The zero-order valence-corrected chi connectivity index (χ0v) is 11.8. The van der Waals surface area contributed by atoms with Gasteiger partial charge in [-0.15, -0.1) is 0 Å². The first-order valence-corrected chi connectivity index (χ1v) is 6.09. The molecule has 0 saturated heterocycles. The van der Waals surface area contributed by atoms with E-state index in [2.05, 4.69) is 4.98 Å². The van der Waals surface area contributed by atoms with E-state index in [0.717, 1.165) is 0 Å². The number of pyridine rings is 1. The van der Waals surface area contributed by atoms with Gasteiger partial charge >= 0.3 is 5.97 Å². The molecule has 1 rings (SSSR count). The van der Waals surface area contributed by atoms with E-state index in [1.54, 1.807) is 6.07 Å². The number of Topliss-reactive ketones (excluding diaryl/α,β-unsaturated/α-hetero) is 1. The summed E-state index contributed by atoms with van der Waals surface area (Å²) >= 11 is 11.4. The van der Waals surface area contributed by atoms with Gasteiger partial charge in [0, 0.05) is 5.71 Å². The van der Waals surface area contributed by atoms with Crippen LogP contribution in [0.3, 0.4) is 0 Å². The molecule has 0 aliphatic carbocycles. The lowest BCUT2D eigenvalue weighted by Crippen LogP contribution is -2.25. The van der Waals surface area contributed by atoms with Gasteiger partial charge < -0.3 is 10.1 Å². The zero-order valence-electron chi connectivity index (χ0n) is 10.3. The van der Waals surface area contributed by atoms with Gasteiger partial charge in [0.25, 0.3) is 0 Å². The largest absolute Gasteiger partial charge is 0.453 e. The van der Waals surface area contributed by atoms with Gasteiger partial charge in [-0.2, -0.15) is 5.26 Å². The number of esters is 1. The van der Waals surface area contributed by atoms with Crippen LogP contribution in [0.5, 0.6) is 0 Å². The fourth-order valence-corrected chi connectivity index (χ4v) is 1.59. The topological polar surface area (TPSA) is 104 Å². The van der Waals surface area contributed by atoms with Crippen LogP contribution in [-0.4, -0.2) is 29.1 Å². The molecule has 1 aromatic rings. The molecule has 8 heteroatoms. The molecule has 0 saturated carbocycles. The van der Waals surface area contributed by atoms with E-state index in [1.807, 2.05) is 0 Å². The van der Waals surface area contributed by atoms with Crippen molar-refractivity contribution in [2.24, 2.45) is 5.92 Å². The summed E-state index contributed by atoms with van der Waals surface area (Å²) in [6.45, 7) is 0.681. The molecular weight excluding hydrogens is 305 g/mol. The van der Waals surface area contributed by atoms with Gasteiger partial charge in [0.2, 0.25) is 0 Å². The fourth-order valence-electron chi connectivity index (χ4n) is 1.26. The minimum atomic E-state index is -1.23. The summed E-state index contributed by atoms with van der Waals surface area (Å²) in [5.74, 6) is -2.85. The minimum Gasteiger partial charge on any atom is -0.453 e. The Morgan fingerprint density at radius 2 is 2.15 bits per heavy atom. The first-order chi connectivity index (χ1) is 9.36. The number of hydrogen-bond donors (Lipinski definition) is 1. The van der Waals surface area contributed by atoms with Gasteiger partial charge in [-0.1, -0.05) is 23.2 Å². The standard InChI is InChI=1S/C12H9Cl2N3O3/c1-6(16)7(4-15)9(18)5-20-12(19)11-8(13)2-3-10(14)17-11/h2-3,7,16H,5H2,1H3. The number of nitriles is 1. The first kappa shape index (κ1) is 16.1. The number of carbonyl (C=O) groups excluding carboxylic acids is 2. The molecule has 104 valence electrons. The molecule has 0 aromatic carbocycles. The number of halogens is 2. The Morgan fingerprint density at radius 1 is 1.50 bits per heavy atom. The van der Waals surface area contributed by atoms with Crippen LogP contribution in [-0.2, 0) is 9.53 Å². The van der Waals surface area contributed by atoms with Crippen molar-refractivity contribution in [1.29, 1.82) is 10.7 Å². The molecule has 1 aromatic heterocycles. The highest BCUT2D eigenvalue weighted by atomic mass is 35.5. The molecule has 1 N–H and O–H groups in total. The van der Waals surface area contributed by atoms with E-state index in [-0.39, 0.29) is 21.6 Å². The predicted octanol–water partition coefficient (Wildman–Crippen LogP) is 2.29. The summed E-state index contributed by atoms with van der Waals surface area (Å²) in [5.41, 5.74) is -0.334. The molecule has 0 aliphatic rings. The van der Waals surface area contributed by atoms with Crippen molar-refractivity contribution in [2.75, 3.05) is 6.61 Å². The maximum Gasteiger partial charge on any atom is 0.358 e. The average molecular weight is 314 g/mol. The van der Waals surface area contributed by atoms with E-state index in [0.29, 0.717) is 0 Å². The van der Waals surface area contributed by atoms with Crippen LogP contribution in [0.25, 0.3) is 0 Å². The Bertz CT molecular complexity index is 610. The fraction of sp³-hybridized carbons (Fsp3) is 0.250. The van der Waals surface area contributed by atoms with Crippen LogP contribution in [0.4, 0.5) is 0 Å². The van der Waals surface area contributed by atoms with Crippen molar-refractivity contribution < 1.29 is 14.3 Å². The third-order valence-corrected chi connectivity index (χ3v) is 2.75. The van der Waals surface area contributed by atoms with E-state index < -0.39 is 24.3 Å². The van der Waals surface area contributed by atoms with Crippen LogP contribution in [0.15, 0.2) is 12.1 Å². The maximum absolute atomic E-state index is 11.7. The highest BCUT2D eigenvalue weighted by Crippen LogP contribution is 2.17. The number of hydrogen-bond acceptors (Lipinski definition) is 6. The molecule has 0 amide bonds. The number of ether oxygens (including phenoxy) is 1. The Morgan fingerprint density at radius 3 is 2.70 bits per heavy atom. The van der Waals surface area contributed by atoms with Crippen LogP contribution >= 0.6 is 23.2 Å². The van der Waals surface area contributed by atoms with Crippen molar-refractivity contribution in [3.63, 3.8) is 0 Å². The molecule has 1 heterocycles. The lowest BCUT2D eigenvalue weighted by molar-refractivity contribution is -0.122. The predicted molar refractivity (Wildman–Crippen MR) is 72.1 cm³/mol. The third kappa shape index (κ3) is 4.02. The molecule has 0 bridgehead atoms. The highest BCUT2D eigenvalue weighted by Gasteiger charge is 2.23. The monoisotopic (exact) mass is 313 g/mol. The second-order valence-corrected chi connectivity index (χ2v) is 4.55. The van der Waals surface area contributed by atoms with E-state index in [9.17, 15) is 9.59 Å². The highest BCUT2D eigenvalue weighted by molar-refractivity contribution is 6.34. The molecule has 6 nitrogen and oxygen atoms in total. The Balaban J connectivity index is 2.73.